The molecule has 0 radical (unpaired) electrons. The number of nitrogens with zero attached hydrogens (tertiary/aromatic N) is 4. The molecule has 8 heteroatoms. The summed E-state index contributed by atoms with van der Waals surface area (Å²) in [4.78, 5) is 0. The number of aromatic nitrogens is 4. The Bertz CT molecular complexity index is 766. The van der Waals surface area contributed by atoms with Gasteiger partial charge in [-0.3, -0.25) is 0 Å². The molecule has 2 aromatic carbocycles. The molecule has 0 amide bonds. The molecular formula is C15H12BrClN4O2. The zero-order valence-electron chi connectivity index (χ0n) is 11.9. The van der Waals surface area contributed by atoms with Gasteiger partial charge in [-0.1, -0.05) is 11.6 Å². The molecule has 3 rings (SSSR count). The van der Waals surface area contributed by atoms with Crippen molar-refractivity contribution in [3.05, 3.63) is 58.3 Å². The third kappa shape index (κ3) is 4.20. The number of tetrazole rings is 1. The summed E-state index contributed by atoms with van der Waals surface area (Å²) in [5.74, 6) is 1.48. The van der Waals surface area contributed by atoms with Crippen molar-refractivity contribution in [2.75, 3.05) is 13.2 Å². The molecular weight excluding hydrogens is 384 g/mol. The highest BCUT2D eigenvalue weighted by atomic mass is 79.9. The third-order valence-corrected chi connectivity index (χ3v) is 3.81. The standard InChI is InChI=1S/C15H12BrClN4O2/c16-14-9-11(17)1-6-15(14)23-8-7-22-13-4-2-12(3-5-13)21-10-18-19-20-21/h1-6,9-10H,7-8H2. The van der Waals surface area contributed by atoms with E-state index in [-0.39, 0.29) is 0 Å². The number of ether oxygens (including phenoxy) is 2. The van der Waals surface area contributed by atoms with Crippen molar-refractivity contribution in [1.82, 2.24) is 20.2 Å². The van der Waals surface area contributed by atoms with Crippen LogP contribution in [0.5, 0.6) is 11.5 Å². The molecule has 0 atom stereocenters. The summed E-state index contributed by atoms with van der Waals surface area (Å²) >= 11 is 9.29. The van der Waals surface area contributed by atoms with E-state index < -0.39 is 0 Å². The monoisotopic (exact) mass is 394 g/mol. The Morgan fingerprint density at radius 2 is 1.83 bits per heavy atom. The van der Waals surface area contributed by atoms with Gasteiger partial charge in [-0.2, -0.15) is 0 Å². The fourth-order valence-corrected chi connectivity index (χ4v) is 2.68. The molecule has 0 aliphatic heterocycles. The summed E-state index contributed by atoms with van der Waals surface area (Å²) in [5, 5.41) is 11.7. The Morgan fingerprint density at radius 3 is 2.52 bits per heavy atom. The predicted molar refractivity (Wildman–Crippen MR) is 89.3 cm³/mol. The van der Waals surface area contributed by atoms with Crippen LogP contribution < -0.4 is 9.47 Å². The summed E-state index contributed by atoms with van der Waals surface area (Å²) in [6.45, 7) is 0.855. The second kappa shape index (κ2) is 7.43. The molecule has 23 heavy (non-hydrogen) atoms. The van der Waals surface area contributed by atoms with Crippen molar-refractivity contribution in [1.29, 1.82) is 0 Å². The molecule has 1 heterocycles. The number of hydrogen-bond donors (Lipinski definition) is 0. The molecule has 0 spiro atoms. The fraction of sp³-hybridized carbons (Fsp3) is 0.133. The number of hydrogen-bond acceptors (Lipinski definition) is 5. The topological polar surface area (TPSA) is 62.1 Å². The highest BCUT2D eigenvalue weighted by Gasteiger charge is 2.02. The van der Waals surface area contributed by atoms with Gasteiger partial charge >= 0.3 is 0 Å². The normalized spacial score (nSPS) is 10.5. The molecule has 1 aromatic heterocycles. The molecule has 0 unspecified atom stereocenters. The van der Waals surface area contributed by atoms with Gasteiger partial charge in [0.2, 0.25) is 0 Å². The quantitative estimate of drug-likeness (QED) is 0.598. The van der Waals surface area contributed by atoms with Crippen molar-refractivity contribution in [3.8, 4) is 17.2 Å². The van der Waals surface area contributed by atoms with Crippen LogP contribution in [-0.4, -0.2) is 33.4 Å². The van der Waals surface area contributed by atoms with Crippen LogP contribution in [0.4, 0.5) is 0 Å². The maximum atomic E-state index is 5.88. The van der Waals surface area contributed by atoms with Crippen LogP contribution in [0.2, 0.25) is 5.02 Å². The third-order valence-electron chi connectivity index (χ3n) is 2.95. The van der Waals surface area contributed by atoms with Gasteiger partial charge in [-0.05, 0) is 68.8 Å². The lowest BCUT2D eigenvalue weighted by Crippen LogP contribution is -2.09. The van der Waals surface area contributed by atoms with Crippen LogP contribution in [0.3, 0.4) is 0 Å². The van der Waals surface area contributed by atoms with Crippen molar-refractivity contribution in [2.24, 2.45) is 0 Å². The minimum atomic E-state index is 0.426. The zero-order valence-corrected chi connectivity index (χ0v) is 14.2. The number of rotatable bonds is 6. The minimum absolute atomic E-state index is 0.426. The van der Waals surface area contributed by atoms with Gasteiger partial charge in [-0.15, -0.1) is 5.10 Å². The van der Waals surface area contributed by atoms with Crippen LogP contribution in [-0.2, 0) is 0 Å². The lowest BCUT2D eigenvalue weighted by molar-refractivity contribution is 0.216. The van der Waals surface area contributed by atoms with E-state index in [0.717, 1.165) is 21.7 Å². The lowest BCUT2D eigenvalue weighted by atomic mass is 10.3. The molecule has 0 aliphatic rings. The molecule has 0 bridgehead atoms. The Balaban J connectivity index is 1.49. The summed E-state index contributed by atoms with van der Waals surface area (Å²) in [6, 6.07) is 12.8. The number of benzene rings is 2. The van der Waals surface area contributed by atoms with Crippen LogP contribution in [0, 0.1) is 0 Å². The number of halogens is 2. The van der Waals surface area contributed by atoms with Gasteiger partial charge in [0.15, 0.2) is 0 Å². The summed E-state index contributed by atoms with van der Waals surface area (Å²) < 4.78 is 13.7. The molecule has 0 N–H and O–H groups in total. The maximum Gasteiger partial charge on any atom is 0.143 e. The largest absolute Gasteiger partial charge is 0.490 e. The molecule has 0 saturated heterocycles. The van der Waals surface area contributed by atoms with E-state index in [4.69, 9.17) is 21.1 Å². The fourth-order valence-electron chi connectivity index (χ4n) is 1.88. The van der Waals surface area contributed by atoms with Crippen molar-refractivity contribution in [2.45, 2.75) is 0 Å². The molecule has 0 aliphatic carbocycles. The first-order chi connectivity index (χ1) is 11.2. The average Bonchev–Trinajstić information content (AvgIpc) is 3.08. The van der Waals surface area contributed by atoms with E-state index in [1.165, 1.54) is 6.33 Å². The summed E-state index contributed by atoms with van der Waals surface area (Å²) in [7, 11) is 0. The van der Waals surface area contributed by atoms with Crippen molar-refractivity contribution >= 4 is 27.5 Å². The van der Waals surface area contributed by atoms with Gasteiger partial charge in [0, 0.05) is 5.02 Å². The Hall–Kier alpha value is -2.12. The van der Waals surface area contributed by atoms with Crippen molar-refractivity contribution in [3.63, 3.8) is 0 Å². The van der Waals surface area contributed by atoms with E-state index in [2.05, 4.69) is 31.5 Å². The van der Waals surface area contributed by atoms with E-state index in [1.54, 1.807) is 16.8 Å². The highest BCUT2D eigenvalue weighted by Crippen LogP contribution is 2.27. The Morgan fingerprint density at radius 1 is 1.04 bits per heavy atom. The van der Waals surface area contributed by atoms with Crippen LogP contribution in [0.1, 0.15) is 0 Å². The van der Waals surface area contributed by atoms with E-state index in [0.29, 0.717) is 18.2 Å². The van der Waals surface area contributed by atoms with Crippen molar-refractivity contribution < 1.29 is 9.47 Å². The van der Waals surface area contributed by atoms with Crippen LogP contribution >= 0.6 is 27.5 Å². The predicted octanol–water partition coefficient (Wildman–Crippen LogP) is 3.54. The smallest absolute Gasteiger partial charge is 0.143 e. The highest BCUT2D eigenvalue weighted by molar-refractivity contribution is 9.10. The second-order valence-electron chi connectivity index (χ2n) is 4.52. The first-order valence-electron chi connectivity index (χ1n) is 6.76. The maximum absolute atomic E-state index is 5.88. The van der Waals surface area contributed by atoms with Gasteiger partial charge in [0.25, 0.3) is 0 Å². The molecule has 0 fully saturated rings. The second-order valence-corrected chi connectivity index (χ2v) is 5.81. The Kier molecular flexibility index (Phi) is 5.09. The molecule has 6 nitrogen and oxygen atoms in total. The Labute approximate surface area is 146 Å². The first kappa shape index (κ1) is 15.8. The van der Waals surface area contributed by atoms with Gasteiger partial charge in [0.05, 0.1) is 10.2 Å². The first-order valence-corrected chi connectivity index (χ1v) is 7.93. The van der Waals surface area contributed by atoms with Crippen LogP contribution in [0.15, 0.2) is 53.3 Å². The van der Waals surface area contributed by atoms with E-state index in [1.807, 2.05) is 30.3 Å². The van der Waals surface area contributed by atoms with E-state index in [9.17, 15) is 0 Å². The SMILES string of the molecule is Clc1ccc(OCCOc2ccc(-n3cnnn3)cc2)c(Br)c1. The molecule has 0 saturated carbocycles. The zero-order chi connectivity index (χ0) is 16.1. The summed E-state index contributed by atoms with van der Waals surface area (Å²) in [6.07, 6.45) is 1.54. The van der Waals surface area contributed by atoms with E-state index >= 15 is 0 Å². The molecule has 3 aromatic rings. The average molecular weight is 396 g/mol. The van der Waals surface area contributed by atoms with Crippen LogP contribution in [0.25, 0.3) is 5.69 Å². The summed E-state index contributed by atoms with van der Waals surface area (Å²) in [5.41, 5.74) is 0.865. The van der Waals surface area contributed by atoms with Gasteiger partial charge < -0.3 is 9.47 Å². The van der Waals surface area contributed by atoms with Gasteiger partial charge in [0.1, 0.15) is 31.0 Å². The lowest BCUT2D eigenvalue weighted by Gasteiger charge is -2.10. The minimum Gasteiger partial charge on any atom is -0.490 e. The molecule has 118 valence electrons. The van der Waals surface area contributed by atoms with Gasteiger partial charge in [-0.25, -0.2) is 4.68 Å².